The van der Waals surface area contributed by atoms with Gasteiger partial charge in [0.15, 0.2) is 0 Å². The van der Waals surface area contributed by atoms with Crippen molar-refractivity contribution < 1.29 is 53.0 Å². The number of halogens is 11. The first-order chi connectivity index (χ1) is 9.48. The third-order valence-corrected chi connectivity index (χ3v) is 2.65. The van der Waals surface area contributed by atoms with Gasteiger partial charge in [0.2, 0.25) is 0 Å². The first-order valence-corrected chi connectivity index (χ1v) is 5.68. The first kappa shape index (κ1) is 21.2. The average molecular weight is 356 g/mol. The van der Waals surface area contributed by atoms with Crippen LogP contribution in [0.1, 0.15) is 20.3 Å². The van der Waals surface area contributed by atoms with E-state index < -0.39 is 42.6 Å². The molecule has 12 heteroatoms. The summed E-state index contributed by atoms with van der Waals surface area (Å²) in [6.45, 7) is 0.870. The molecule has 0 saturated heterocycles. The zero-order valence-electron chi connectivity index (χ0n) is 11.1. The summed E-state index contributed by atoms with van der Waals surface area (Å²) in [6, 6.07) is 0. The minimum atomic E-state index is -7.38. The second-order valence-corrected chi connectivity index (χ2v) is 4.36. The molecule has 0 aliphatic rings. The van der Waals surface area contributed by atoms with E-state index >= 15 is 0 Å². The van der Waals surface area contributed by atoms with Crippen molar-refractivity contribution in [1.29, 1.82) is 0 Å². The van der Waals surface area contributed by atoms with Gasteiger partial charge in [0.1, 0.15) is 6.10 Å². The fourth-order valence-corrected chi connectivity index (χ4v) is 1.24. The first-order valence-electron chi connectivity index (χ1n) is 5.68. The summed E-state index contributed by atoms with van der Waals surface area (Å²) in [5.74, 6) is -27.7. The highest BCUT2D eigenvalue weighted by Crippen LogP contribution is 2.58. The Labute approximate surface area is 117 Å². The number of hydrogen-bond acceptors (Lipinski definition) is 1. The Morgan fingerprint density at radius 3 is 1.45 bits per heavy atom. The summed E-state index contributed by atoms with van der Waals surface area (Å²) in [6.07, 6.45) is -10.2. The highest BCUT2D eigenvalue weighted by Gasteiger charge is 2.87. The van der Waals surface area contributed by atoms with Crippen molar-refractivity contribution >= 4 is 0 Å². The van der Waals surface area contributed by atoms with E-state index in [4.69, 9.17) is 0 Å². The molecule has 0 aromatic heterocycles. The van der Waals surface area contributed by atoms with Crippen LogP contribution in [0.3, 0.4) is 0 Å². The van der Waals surface area contributed by atoms with Crippen LogP contribution in [0.25, 0.3) is 0 Å². The number of rotatable bonds is 7. The normalized spacial score (nSPS) is 16.8. The van der Waals surface area contributed by atoms with Crippen molar-refractivity contribution in [2.24, 2.45) is 0 Å². The van der Waals surface area contributed by atoms with Crippen molar-refractivity contribution in [3.63, 3.8) is 0 Å². The van der Waals surface area contributed by atoms with Gasteiger partial charge in [-0.05, 0) is 13.3 Å². The van der Waals surface area contributed by atoms with Crippen LogP contribution in [-0.4, -0.2) is 42.6 Å². The maximum absolute atomic E-state index is 13.3. The maximum Gasteiger partial charge on any atom is 0.460 e. The molecule has 0 rings (SSSR count). The van der Waals surface area contributed by atoms with E-state index in [2.05, 4.69) is 4.74 Å². The Kier molecular flexibility index (Phi) is 5.78. The third-order valence-electron chi connectivity index (χ3n) is 2.65. The van der Waals surface area contributed by atoms with E-state index in [1.54, 1.807) is 0 Å². The minimum Gasteiger partial charge on any atom is -0.372 e. The Morgan fingerprint density at radius 1 is 0.727 bits per heavy atom. The van der Waals surface area contributed by atoms with Crippen LogP contribution in [0.5, 0.6) is 0 Å². The van der Waals surface area contributed by atoms with E-state index in [-0.39, 0.29) is 13.3 Å². The monoisotopic (exact) mass is 356 g/mol. The predicted molar refractivity (Wildman–Crippen MR) is 51.5 cm³/mol. The molecule has 0 aromatic rings. The van der Waals surface area contributed by atoms with Gasteiger partial charge in [-0.15, -0.1) is 0 Å². The molecule has 1 unspecified atom stereocenters. The van der Waals surface area contributed by atoms with Gasteiger partial charge in [0.05, 0.1) is 0 Å². The lowest BCUT2D eigenvalue weighted by Crippen LogP contribution is -2.68. The van der Waals surface area contributed by atoms with Crippen LogP contribution in [0.15, 0.2) is 0 Å². The number of alkyl halides is 11. The molecule has 0 spiro atoms. The molecule has 0 saturated carbocycles. The Hall–Kier alpha value is -0.810. The van der Waals surface area contributed by atoms with Crippen molar-refractivity contribution in [3.8, 4) is 0 Å². The lowest BCUT2D eigenvalue weighted by atomic mass is 9.95. The molecular formula is C10H11F11O. The highest BCUT2D eigenvalue weighted by molar-refractivity contribution is 5.07. The lowest BCUT2D eigenvalue weighted by Gasteiger charge is -2.39. The van der Waals surface area contributed by atoms with E-state index in [1.807, 2.05) is 0 Å². The second kappa shape index (κ2) is 6.00. The maximum atomic E-state index is 13.3. The second-order valence-electron chi connectivity index (χ2n) is 4.36. The molecule has 0 aliphatic heterocycles. The fraction of sp³-hybridized carbons (Fsp3) is 1.00. The van der Waals surface area contributed by atoms with Gasteiger partial charge in [0, 0.05) is 6.61 Å². The van der Waals surface area contributed by atoms with Gasteiger partial charge in [-0.2, -0.15) is 48.3 Å². The summed E-state index contributed by atoms with van der Waals surface area (Å²) in [5, 5.41) is 0. The summed E-state index contributed by atoms with van der Waals surface area (Å²) >= 11 is 0. The zero-order chi connectivity index (χ0) is 18.2. The van der Waals surface area contributed by atoms with Crippen molar-refractivity contribution in [2.45, 2.75) is 56.2 Å². The molecule has 0 fully saturated rings. The minimum absolute atomic E-state index is 0.0128. The zero-order valence-corrected chi connectivity index (χ0v) is 11.1. The van der Waals surface area contributed by atoms with Crippen molar-refractivity contribution in [1.82, 2.24) is 0 Å². The van der Waals surface area contributed by atoms with Crippen LogP contribution >= 0.6 is 0 Å². The van der Waals surface area contributed by atoms with E-state index in [0.29, 0.717) is 0 Å². The molecule has 1 atom stereocenters. The standard InChI is InChI=1S/C10H11F11O/c1-3-4-22-5(2)6(11,12)7(13,14)8(15,16)9(17,18)10(19,20)21/h5H,3-4H2,1-2H3. The molecule has 0 aromatic carbocycles. The van der Waals surface area contributed by atoms with Crippen LogP contribution in [0, 0.1) is 0 Å². The molecule has 0 aliphatic carbocycles. The molecule has 0 amide bonds. The smallest absolute Gasteiger partial charge is 0.372 e. The molecule has 134 valence electrons. The van der Waals surface area contributed by atoms with E-state index in [9.17, 15) is 48.3 Å². The molecule has 1 nitrogen and oxygen atoms in total. The SMILES string of the molecule is CCCOC(C)C(F)(F)C(F)(F)C(F)(F)C(F)(F)C(F)(F)F. The van der Waals surface area contributed by atoms with Gasteiger partial charge in [-0.1, -0.05) is 6.92 Å². The lowest BCUT2D eigenvalue weighted by molar-refractivity contribution is -0.428. The third kappa shape index (κ3) is 3.11. The van der Waals surface area contributed by atoms with Crippen LogP contribution in [-0.2, 0) is 4.74 Å². The van der Waals surface area contributed by atoms with Crippen LogP contribution in [0.2, 0.25) is 0 Å². The van der Waals surface area contributed by atoms with Gasteiger partial charge >= 0.3 is 29.9 Å². The molecule has 0 bridgehead atoms. The highest BCUT2D eigenvalue weighted by atomic mass is 19.4. The topological polar surface area (TPSA) is 9.23 Å². The van der Waals surface area contributed by atoms with Crippen LogP contribution < -0.4 is 0 Å². The Bertz CT molecular complexity index is 374. The molecule has 0 radical (unpaired) electrons. The van der Waals surface area contributed by atoms with Crippen molar-refractivity contribution in [3.05, 3.63) is 0 Å². The number of ether oxygens (including phenoxy) is 1. The van der Waals surface area contributed by atoms with E-state index in [1.165, 1.54) is 6.92 Å². The Morgan fingerprint density at radius 2 is 1.14 bits per heavy atom. The quantitative estimate of drug-likeness (QED) is 0.590. The molecule has 0 heterocycles. The summed E-state index contributed by atoms with van der Waals surface area (Å²) in [7, 11) is 0. The van der Waals surface area contributed by atoms with Gasteiger partial charge in [-0.25, -0.2) is 0 Å². The summed E-state index contributed by atoms with van der Waals surface area (Å²) in [4.78, 5) is 0. The van der Waals surface area contributed by atoms with Gasteiger partial charge < -0.3 is 4.74 Å². The molecule has 22 heavy (non-hydrogen) atoms. The molecule has 0 N–H and O–H groups in total. The fourth-order valence-electron chi connectivity index (χ4n) is 1.24. The molecular weight excluding hydrogens is 345 g/mol. The summed E-state index contributed by atoms with van der Waals surface area (Å²) < 4.78 is 143. The number of hydrogen-bond donors (Lipinski definition) is 0. The predicted octanol–water partition coefficient (Wildman–Crippen LogP) is 4.91. The van der Waals surface area contributed by atoms with Crippen LogP contribution in [0.4, 0.5) is 48.3 Å². The van der Waals surface area contributed by atoms with Gasteiger partial charge in [0.25, 0.3) is 0 Å². The van der Waals surface area contributed by atoms with Gasteiger partial charge in [-0.3, -0.25) is 0 Å². The average Bonchev–Trinajstić information content (AvgIpc) is 2.33. The largest absolute Gasteiger partial charge is 0.460 e. The van der Waals surface area contributed by atoms with E-state index in [0.717, 1.165) is 0 Å². The summed E-state index contributed by atoms with van der Waals surface area (Å²) in [5.41, 5.74) is 0. The Balaban J connectivity index is 5.78. The van der Waals surface area contributed by atoms with Crippen molar-refractivity contribution in [2.75, 3.05) is 6.61 Å².